The minimum absolute atomic E-state index is 0.0103. The van der Waals surface area contributed by atoms with Gasteiger partial charge in [-0.25, -0.2) is 0 Å². The van der Waals surface area contributed by atoms with Crippen LogP contribution in [0.25, 0.3) is 0 Å². The lowest BCUT2D eigenvalue weighted by molar-refractivity contribution is -0.143. The van der Waals surface area contributed by atoms with E-state index in [9.17, 15) is 4.79 Å². The Balaban J connectivity index is 2.15. The summed E-state index contributed by atoms with van der Waals surface area (Å²) in [5.74, 6) is 1.23. The van der Waals surface area contributed by atoms with Gasteiger partial charge < -0.3 is 9.47 Å². The fourth-order valence-corrected chi connectivity index (χ4v) is 2.65. The van der Waals surface area contributed by atoms with Gasteiger partial charge in [-0.1, -0.05) is 62.7 Å². The number of benzene rings is 2. The average molecular weight is 340 g/mol. The van der Waals surface area contributed by atoms with Crippen molar-refractivity contribution in [3.63, 3.8) is 0 Å². The van der Waals surface area contributed by atoms with Crippen LogP contribution >= 0.6 is 0 Å². The molecule has 25 heavy (non-hydrogen) atoms. The standard InChI is InChI=1S/C22H28O3/c1-4-17(3)16-25-20-13-11-19(12-14-20)21(15-22(23)24-5-2)18-9-7-6-8-10-18/h6-14,17,21H,4-5,15-16H2,1-3H3/t17-,21-/m1/s1. The summed E-state index contributed by atoms with van der Waals surface area (Å²) in [6.07, 6.45) is 1.44. The minimum atomic E-state index is -0.173. The molecule has 0 saturated carbocycles. The molecule has 2 rings (SSSR count). The third-order valence-electron chi connectivity index (χ3n) is 4.39. The highest BCUT2D eigenvalue weighted by Gasteiger charge is 2.19. The Hall–Kier alpha value is -2.29. The van der Waals surface area contributed by atoms with Gasteiger partial charge in [-0.05, 0) is 36.1 Å². The van der Waals surface area contributed by atoms with Crippen LogP contribution in [0.4, 0.5) is 0 Å². The summed E-state index contributed by atoms with van der Waals surface area (Å²) in [5, 5.41) is 0. The Labute approximate surface area is 151 Å². The van der Waals surface area contributed by atoms with Crippen molar-refractivity contribution in [3.8, 4) is 5.75 Å². The number of ether oxygens (including phenoxy) is 2. The molecule has 2 atom stereocenters. The van der Waals surface area contributed by atoms with Gasteiger partial charge in [0.05, 0.1) is 19.6 Å². The van der Waals surface area contributed by atoms with E-state index in [1.165, 1.54) is 0 Å². The molecule has 3 nitrogen and oxygen atoms in total. The van der Waals surface area contributed by atoms with E-state index in [1.54, 1.807) is 0 Å². The summed E-state index contributed by atoms with van der Waals surface area (Å²) >= 11 is 0. The minimum Gasteiger partial charge on any atom is -0.493 e. The van der Waals surface area contributed by atoms with E-state index in [0.717, 1.165) is 29.9 Å². The first-order valence-electron chi connectivity index (χ1n) is 9.07. The van der Waals surface area contributed by atoms with Gasteiger partial charge in [0.1, 0.15) is 5.75 Å². The number of carbonyl (C=O) groups is 1. The molecule has 0 aliphatic carbocycles. The zero-order valence-electron chi connectivity index (χ0n) is 15.4. The van der Waals surface area contributed by atoms with Crippen LogP contribution in [0.1, 0.15) is 50.7 Å². The Morgan fingerprint density at radius 1 is 0.960 bits per heavy atom. The zero-order valence-corrected chi connectivity index (χ0v) is 15.4. The monoisotopic (exact) mass is 340 g/mol. The van der Waals surface area contributed by atoms with Crippen molar-refractivity contribution in [2.24, 2.45) is 5.92 Å². The third kappa shape index (κ3) is 5.93. The molecule has 0 bridgehead atoms. The lowest BCUT2D eigenvalue weighted by atomic mass is 9.88. The largest absolute Gasteiger partial charge is 0.493 e. The van der Waals surface area contributed by atoms with Crippen LogP contribution in [0.2, 0.25) is 0 Å². The molecule has 0 radical (unpaired) electrons. The lowest BCUT2D eigenvalue weighted by Crippen LogP contribution is -2.12. The van der Waals surface area contributed by atoms with Gasteiger partial charge >= 0.3 is 5.97 Å². The molecule has 0 aromatic heterocycles. The number of rotatable bonds is 9. The van der Waals surface area contributed by atoms with Crippen LogP contribution in [0.5, 0.6) is 5.75 Å². The van der Waals surface area contributed by atoms with Crippen LogP contribution in [-0.2, 0) is 9.53 Å². The quantitative estimate of drug-likeness (QED) is 0.589. The van der Waals surface area contributed by atoms with E-state index >= 15 is 0 Å². The molecular formula is C22H28O3. The third-order valence-corrected chi connectivity index (χ3v) is 4.39. The molecule has 0 aliphatic heterocycles. The van der Waals surface area contributed by atoms with Crippen molar-refractivity contribution < 1.29 is 14.3 Å². The zero-order chi connectivity index (χ0) is 18.1. The summed E-state index contributed by atoms with van der Waals surface area (Å²) in [4.78, 5) is 12.0. The second-order valence-corrected chi connectivity index (χ2v) is 6.37. The van der Waals surface area contributed by atoms with Crippen molar-refractivity contribution in [2.45, 2.75) is 39.5 Å². The summed E-state index contributed by atoms with van der Waals surface area (Å²) in [6.45, 7) is 7.30. The fraction of sp³-hybridized carbons (Fsp3) is 0.409. The van der Waals surface area contributed by atoms with Crippen LogP contribution < -0.4 is 4.74 Å². The van der Waals surface area contributed by atoms with E-state index in [0.29, 0.717) is 18.9 Å². The molecule has 0 fully saturated rings. The lowest BCUT2D eigenvalue weighted by Gasteiger charge is -2.18. The van der Waals surface area contributed by atoms with Crippen molar-refractivity contribution in [1.82, 2.24) is 0 Å². The number of hydrogen-bond acceptors (Lipinski definition) is 3. The maximum absolute atomic E-state index is 12.0. The van der Waals surface area contributed by atoms with E-state index < -0.39 is 0 Å². The summed E-state index contributed by atoms with van der Waals surface area (Å²) < 4.78 is 11.0. The maximum Gasteiger partial charge on any atom is 0.306 e. The Kier molecular flexibility index (Phi) is 7.52. The highest BCUT2D eigenvalue weighted by atomic mass is 16.5. The number of esters is 1. The van der Waals surface area contributed by atoms with Crippen molar-refractivity contribution in [2.75, 3.05) is 13.2 Å². The molecule has 0 unspecified atom stereocenters. The highest BCUT2D eigenvalue weighted by Crippen LogP contribution is 2.29. The first-order valence-corrected chi connectivity index (χ1v) is 9.07. The Bertz CT molecular complexity index is 634. The Morgan fingerprint density at radius 3 is 2.20 bits per heavy atom. The van der Waals surface area contributed by atoms with E-state index in [1.807, 2.05) is 49.4 Å². The predicted octanol–water partition coefficient (Wildman–Crippen LogP) is 5.20. The average Bonchev–Trinajstić information content (AvgIpc) is 2.65. The van der Waals surface area contributed by atoms with Gasteiger partial charge in [0.2, 0.25) is 0 Å². The summed E-state index contributed by atoms with van der Waals surface area (Å²) in [6, 6.07) is 18.1. The SMILES string of the molecule is CCOC(=O)C[C@H](c1ccccc1)c1ccc(OC[C@H](C)CC)cc1. The van der Waals surface area contributed by atoms with E-state index in [2.05, 4.69) is 26.0 Å². The first kappa shape index (κ1) is 19.0. The molecule has 134 valence electrons. The smallest absolute Gasteiger partial charge is 0.306 e. The molecule has 0 saturated heterocycles. The van der Waals surface area contributed by atoms with Crippen LogP contribution in [0.3, 0.4) is 0 Å². The molecule has 0 amide bonds. The molecule has 0 heterocycles. The van der Waals surface area contributed by atoms with Crippen LogP contribution in [0.15, 0.2) is 54.6 Å². The summed E-state index contributed by atoms with van der Waals surface area (Å²) in [7, 11) is 0. The fourth-order valence-electron chi connectivity index (χ4n) is 2.65. The van der Waals surface area contributed by atoms with Gasteiger partial charge in [0, 0.05) is 5.92 Å². The molecule has 0 aliphatic rings. The predicted molar refractivity (Wildman–Crippen MR) is 101 cm³/mol. The van der Waals surface area contributed by atoms with E-state index in [-0.39, 0.29) is 11.9 Å². The van der Waals surface area contributed by atoms with Crippen molar-refractivity contribution in [3.05, 3.63) is 65.7 Å². The van der Waals surface area contributed by atoms with Gasteiger partial charge in [-0.3, -0.25) is 4.79 Å². The summed E-state index contributed by atoms with van der Waals surface area (Å²) in [5.41, 5.74) is 2.21. The molecule has 2 aromatic carbocycles. The van der Waals surface area contributed by atoms with E-state index in [4.69, 9.17) is 9.47 Å². The molecule has 2 aromatic rings. The normalized spacial score (nSPS) is 13.1. The van der Waals surface area contributed by atoms with Crippen molar-refractivity contribution in [1.29, 1.82) is 0 Å². The van der Waals surface area contributed by atoms with Gasteiger partial charge in [-0.15, -0.1) is 0 Å². The Morgan fingerprint density at radius 2 is 1.60 bits per heavy atom. The van der Waals surface area contributed by atoms with Gasteiger partial charge in [0.25, 0.3) is 0 Å². The number of hydrogen-bond donors (Lipinski definition) is 0. The molecule has 3 heteroatoms. The second-order valence-electron chi connectivity index (χ2n) is 6.37. The van der Waals surface area contributed by atoms with Gasteiger partial charge in [-0.2, -0.15) is 0 Å². The van der Waals surface area contributed by atoms with Crippen LogP contribution in [0, 0.1) is 5.92 Å². The number of carbonyl (C=O) groups excluding carboxylic acids is 1. The topological polar surface area (TPSA) is 35.5 Å². The molecular weight excluding hydrogens is 312 g/mol. The van der Waals surface area contributed by atoms with Crippen molar-refractivity contribution >= 4 is 5.97 Å². The molecule has 0 N–H and O–H groups in total. The molecule has 0 spiro atoms. The maximum atomic E-state index is 12.0. The highest BCUT2D eigenvalue weighted by molar-refractivity contribution is 5.71. The van der Waals surface area contributed by atoms with Gasteiger partial charge in [0.15, 0.2) is 0 Å². The second kappa shape index (κ2) is 9.87. The van der Waals surface area contributed by atoms with Crippen LogP contribution in [-0.4, -0.2) is 19.2 Å². The first-order chi connectivity index (χ1) is 12.1.